The van der Waals surface area contributed by atoms with Crippen molar-refractivity contribution in [1.29, 1.82) is 0 Å². The molecule has 2 saturated carbocycles. The molecule has 15 rings (SSSR count). The number of H-pyrrole nitrogens is 1. The normalized spacial score (nSPS) is 37.0. The number of carbonyl (C=O) groups excluding carboxylic acids is 2. The monoisotopic (exact) mass is 1110 g/mol. The topological polar surface area (TPSA) is 316 Å². The van der Waals surface area contributed by atoms with Crippen molar-refractivity contribution in [2.45, 2.75) is 130 Å². The Labute approximate surface area is 462 Å². The van der Waals surface area contributed by atoms with Crippen LogP contribution in [0.25, 0.3) is 10.9 Å². The molecular weight excluding hydrogens is 1050 g/mol. The van der Waals surface area contributed by atoms with Gasteiger partial charge in [0.1, 0.15) is 61.1 Å². The number of aromatic amines is 1. The molecule has 3 fully saturated rings. The van der Waals surface area contributed by atoms with Crippen molar-refractivity contribution in [1.82, 2.24) is 14.9 Å². The molecule has 1 saturated heterocycles. The number of aliphatic carboxylic acids is 1. The minimum atomic E-state index is -2.52. The van der Waals surface area contributed by atoms with Crippen LogP contribution in [0, 0.1) is 46.3 Å². The average molecular weight is 1110 g/mol. The number of esters is 1. The average Bonchev–Trinajstić information content (AvgIpc) is 4.39. The number of nitrogens with two attached hydrogens (primary N) is 1. The first-order chi connectivity index (χ1) is 39.2. The lowest BCUT2D eigenvalue weighted by atomic mass is 9.55. The lowest BCUT2D eigenvalue weighted by Crippen LogP contribution is -2.80. The molecule has 0 amide bonds. The highest BCUT2D eigenvalue weighted by atomic mass is 16.7. The van der Waals surface area contributed by atoms with Gasteiger partial charge in [0.15, 0.2) is 35.6 Å². The van der Waals surface area contributed by atoms with E-state index < -0.39 is 119 Å². The van der Waals surface area contributed by atoms with E-state index in [-0.39, 0.29) is 80.6 Å². The van der Waals surface area contributed by atoms with E-state index in [0.717, 1.165) is 17.2 Å². The summed E-state index contributed by atoms with van der Waals surface area (Å²) in [5.41, 5.74) is 3.32. The van der Waals surface area contributed by atoms with Gasteiger partial charge in [-0.25, -0.2) is 0 Å². The van der Waals surface area contributed by atoms with Crippen LogP contribution in [0.2, 0.25) is 0 Å². The molecule has 5 aromatic rings. The fourth-order valence-corrected chi connectivity index (χ4v) is 15.6. The molecule has 21 nitrogen and oxygen atoms in total. The smallest absolute Gasteiger partial charge is 0.333 e. The first-order valence-corrected chi connectivity index (χ1v) is 27.3. The van der Waals surface area contributed by atoms with E-state index in [2.05, 4.69) is 34.0 Å². The van der Waals surface area contributed by atoms with Crippen LogP contribution in [0.5, 0.6) is 28.7 Å². The number of fused-ring (bicyclic) bond motifs is 9. The van der Waals surface area contributed by atoms with Crippen LogP contribution >= 0.6 is 0 Å². The minimum absolute atomic E-state index is 0.0104. The number of ether oxygens (including phenoxy) is 7. The molecule has 0 radical (unpaired) electrons. The highest BCUT2D eigenvalue weighted by molar-refractivity contribution is 5.97. The predicted molar refractivity (Wildman–Crippen MR) is 280 cm³/mol. The first-order valence-electron chi connectivity index (χ1n) is 27.3. The molecule has 0 unspecified atom stereocenters. The summed E-state index contributed by atoms with van der Waals surface area (Å²) < 4.78 is 49.0. The zero-order valence-electron chi connectivity index (χ0n) is 43.4. The fraction of sp³-hybridized carbons (Fsp3) is 0.450. The van der Waals surface area contributed by atoms with Crippen LogP contribution in [0.1, 0.15) is 95.9 Å². The van der Waals surface area contributed by atoms with E-state index in [9.17, 15) is 50.1 Å². The van der Waals surface area contributed by atoms with Crippen molar-refractivity contribution < 1.29 is 83.3 Å². The summed E-state index contributed by atoms with van der Waals surface area (Å²) in [5.74, 6) is 5.26. The van der Waals surface area contributed by atoms with Crippen LogP contribution in [-0.2, 0) is 37.0 Å². The Kier molecular flexibility index (Phi) is 11.9. The third-order valence-corrected chi connectivity index (χ3v) is 19.2. The summed E-state index contributed by atoms with van der Waals surface area (Å²) in [5, 5.41) is 87.2. The molecule has 21 heteroatoms. The van der Waals surface area contributed by atoms with Crippen molar-refractivity contribution in [2.75, 3.05) is 13.4 Å². The largest absolute Gasteiger partial charge is 0.487 e. The lowest BCUT2D eigenvalue weighted by Gasteiger charge is -2.60. The van der Waals surface area contributed by atoms with Crippen LogP contribution in [0.15, 0.2) is 79.3 Å². The number of carboxylic acids is 1. The van der Waals surface area contributed by atoms with E-state index in [1.807, 2.05) is 53.2 Å². The molecule has 10 aliphatic rings. The van der Waals surface area contributed by atoms with Gasteiger partial charge in [0.05, 0.1) is 29.7 Å². The Morgan fingerprint density at radius 1 is 0.951 bits per heavy atom. The van der Waals surface area contributed by atoms with Crippen LogP contribution in [0.3, 0.4) is 0 Å². The Hall–Kier alpha value is -7.57. The lowest BCUT2D eigenvalue weighted by molar-refractivity contribution is -0.379. The highest BCUT2D eigenvalue weighted by Gasteiger charge is 2.77. The van der Waals surface area contributed by atoms with E-state index in [1.54, 1.807) is 18.3 Å². The third-order valence-electron chi connectivity index (χ3n) is 19.2. The van der Waals surface area contributed by atoms with Gasteiger partial charge in [-0.05, 0) is 79.5 Å². The molecule has 420 valence electrons. The van der Waals surface area contributed by atoms with Gasteiger partial charge in [0, 0.05) is 64.3 Å². The first kappa shape index (κ1) is 51.6. The van der Waals surface area contributed by atoms with E-state index in [0.29, 0.717) is 39.9 Å². The summed E-state index contributed by atoms with van der Waals surface area (Å²) in [7, 11) is 0. The van der Waals surface area contributed by atoms with E-state index in [1.165, 1.54) is 12.3 Å². The highest BCUT2D eigenvalue weighted by Crippen LogP contribution is 2.72. The number of aliphatic hydroxyl groups is 6. The predicted octanol–water partition coefficient (Wildman–Crippen LogP) is 2.57. The van der Waals surface area contributed by atoms with Crippen molar-refractivity contribution in [3.05, 3.63) is 113 Å². The SMILES string of the molecule is N[C@H]1NC=C[C@@]23O[C@H]4Oc5cc6c(c(Cn7cc8cc[nH]c8c7CO)c5[C@@H]5CC[C@@](CC=O)(C#C[C@H](C(=O)O)C(=O)O[C@@H]12)[C@@H]1CC[C@]5(C1)[C@@]4(O)[C@@H](O)[C@@H]3O)[C@@H]1Oc2c3ccc(OCO)c2OC[C@@H](O)C#C[C@H](c2ccccc2)[C@H](O6)[C@@H]31. The molecule has 81 heavy (non-hydrogen) atoms. The number of hydrogen-bond donors (Lipinski definition) is 10. The number of benzene rings is 3. The number of aliphatic hydroxyl groups excluding tert-OH is 5. The fourth-order valence-electron chi connectivity index (χ4n) is 15.6. The van der Waals surface area contributed by atoms with Crippen LogP contribution in [-0.4, -0.2) is 131 Å². The summed E-state index contributed by atoms with van der Waals surface area (Å²) in [6.07, 6.45) is -4.81. The maximum absolute atomic E-state index is 14.2. The molecule has 10 heterocycles. The van der Waals surface area contributed by atoms with Gasteiger partial charge in [-0.15, -0.1) is 0 Å². The van der Waals surface area contributed by atoms with Gasteiger partial charge in [0.25, 0.3) is 0 Å². The van der Waals surface area contributed by atoms with Crippen molar-refractivity contribution in [3.63, 3.8) is 0 Å². The molecule has 8 aliphatic heterocycles. The van der Waals surface area contributed by atoms with E-state index in [4.69, 9.17) is 38.9 Å². The second-order valence-corrected chi connectivity index (χ2v) is 22.9. The van der Waals surface area contributed by atoms with Gasteiger partial charge in [-0.3, -0.25) is 9.59 Å². The molecule has 17 atom stereocenters. The molecule has 2 aliphatic carbocycles. The third kappa shape index (κ3) is 7.26. The number of aromatic nitrogens is 2. The number of carboxylic acid groups (broad SMARTS) is 1. The molecule has 3 aromatic carbocycles. The molecule has 2 aromatic heterocycles. The van der Waals surface area contributed by atoms with Crippen molar-refractivity contribution in [2.24, 2.45) is 28.4 Å². The van der Waals surface area contributed by atoms with Gasteiger partial charge in [-0.2, -0.15) is 0 Å². The van der Waals surface area contributed by atoms with Crippen LogP contribution in [0.4, 0.5) is 0 Å². The molecule has 10 bridgehead atoms. The molecular formula is C60H58N4O17. The van der Waals surface area contributed by atoms with E-state index >= 15 is 0 Å². The number of hydrogen-bond acceptors (Lipinski definition) is 18. The number of aldehydes is 1. The zero-order valence-corrected chi connectivity index (χ0v) is 43.4. The Bertz CT molecular complexity index is 3600. The standard InChI is InChI=1S/C60H58N4O17/c61-53-52-59(17-20-63-53)50(69)51(70)60(74)56(81-59)78-40-22-41-43(49-44-34-8-9-39(76-28-67)48(47(34)79-49)75-27-32(68)6-7-33(46(44)77-41)29-4-2-1-3-5-29)36(25-64-24-30-13-19-62-45(30)38(64)26-66)42(40)37-12-15-57(18-21-65,31-10-16-58(37,60)23-31)14-11-35(54(71)72)55(73)80-52/h1-5,8-9,13,17,19-22,24,31-33,35,37,44,46,49-53,56,62-63,66-70,74H,10,12,15-16,18,23,25-28,61H2,(H,71,72)/t31-,32+,33-,35-,37+,44-,46+,49+,50+,51+,52+,53+,56-,57-,58-,59+,60-/m1/s1. The number of rotatable bonds is 9. The van der Waals surface area contributed by atoms with Crippen molar-refractivity contribution >= 4 is 29.1 Å². The van der Waals surface area contributed by atoms with Gasteiger partial charge in [0.2, 0.25) is 18.0 Å². The Balaban J connectivity index is 1.07. The number of carbonyl (C=O) groups is 3. The number of nitrogens with one attached hydrogen (secondary N) is 2. The number of nitrogens with zero attached hydrogens (tertiary/aromatic N) is 1. The second-order valence-electron chi connectivity index (χ2n) is 22.9. The maximum atomic E-state index is 14.2. The Morgan fingerprint density at radius 2 is 1.78 bits per heavy atom. The van der Waals surface area contributed by atoms with Gasteiger partial charge >= 0.3 is 11.9 Å². The quantitative estimate of drug-likeness (QED) is 0.0333. The van der Waals surface area contributed by atoms with Crippen molar-refractivity contribution in [3.8, 4) is 52.4 Å². The van der Waals surface area contributed by atoms with Gasteiger partial charge in [-0.1, -0.05) is 60.1 Å². The summed E-state index contributed by atoms with van der Waals surface area (Å²) in [6, 6.07) is 16.6. The van der Waals surface area contributed by atoms with Gasteiger partial charge < -0.3 is 94.3 Å². The minimum Gasteiger partial charge on any atom is -0.487 e. The molecule has 11 N–H and O–H groups in total. The maximum Gasteiger partial charge on any atom is 0.333 e. The Morgan fingerprint density at radius 3 is 2.57 bits per heavy atom. The molecule has 2 spiro atoms. The summed E-state index contributed by atoms with van der Waals surface area (Å²) >= 11 is 0. The summed E-state index contributed by atoms with van der Waals surface area (Å²) in [4.78, 5) is 43.6. The van der Waals surface area contributed by atoms with Crippen LogP contribution < -0.4 is 34.7 Å². The zero-order chi connectivity index (χ0) is 55.9. The summed E-state index contributed by atoms with van der Waals surface area (Å²) in [6.45, 7) is -1.37. The second kappa shape index (κ2) is 18.7.